The quantitative estimate of drug-likeness (QED) is 0.629. The Kier molecular flexibility index (Phi) is 5.13. The Bertz CT molecular complexity index is 534. The van der Waals surface area contributed by atoms with Crippen molar-refractivity contribution < 1.29 is 19.0 Å². The molecule has 4 nitrogen and oxygen atoms in total. The first kappa shape index (κ1) is 16.2. The Labute approximate surface area is 137 Å². The summed E-state index contributed by atoms with van der Waals surface area (Å²) in [7, 11) is 0. The SMILES string of the molecule is C=C[C@H]1CCC(C(=O)OCc2ccccc2)[C@@]2(CCCCO2)O1. The number of benzene rings is 1. The van der Waals surface area contributed by atoms with Gasteiger partial charge in [-0.05, 0) is 31.2 Å². The van der Waals surface area contributed by atoms with Crippen LogP contribution < -0.4 is 0 Å². The molecule has 124 valence electrons. The molecule has 2 aliphatic rings. The van der Waals surface area contributed by atoms with Gasteiger partial charge in [-0.1, -0.05) is 36.4 Å². The Morgan fingerprint density at radius 3 is 2.83 bits per heavy atom. The molecular formula is C19H24O4. The summed E-state index contributed by atoms with van der Waals surface area (Å²) < 4.78 is 17.6. The Balaban J connectivity index is 1.68. The molecule has 2 aliphatic heterocycles. The molecule has 0 aromatic heterocycles. The lowest BCUT2D eigenvalue weighted by atomic mass is 9.84. The first-order valence-electron chi connectivity index (χ1n) is 8.38. The van der Waals surface area contributed by atoms with E-state index in [9.17, 15) is 4.79 Å². The third-order valence-corrected chi connectivity index (χ3v) is 4.66. The third kappa shape index (κ3) is 3.65. The molecule has 23 heavy (non-hydrogen) atoms. The van der Waals surface area contributed by atoms with E-state index in [4.69, 9.17) is 14.2 Å². The smallest absolute Gasteiger partial charge is 0.314 e. The highest BCUT2D eigenvalue weighted by Gasteiger charge is 2.51. The highest BCUT2D eigenvalue weighted by Crippen LogP contribution is 2.42. The molecule has 4 heteroatoms. The van der Waals surface area contributed by atoms with Gasteiger partial charge in [0, 0.05) is 6.42 Å². The maximum Gasteiger partial charge on any atom is 0.314 e. The van der Waals surface area contributed by atoms with Crippen molar-refractivity contribution in [3.05, 3.63) is 48.6 Å². The predicted molar refractivity (Wildman–Crippen MR) is 86.6 cm³/mol. The molecule has 0 N–H and O–H groups in total. The fourth-order valence-electron chi connectivity index (χ4n) is 3.40. The van der Waals surface area contributed by atoms with Gasteiger partial charge in [0.2, 0.25) is 0 Å². The van der Waals surface area contributed by atoms with Gasteiger partial charge >= 0.3 is 5.97 Å². The molecule has 2 fully saturated rings. The van der Waals surface area contributed by atoms with E-state index < -0.39 is 5.79 Å². The second kappa shape index (κ2) is 7.28. The minimum Gasteiger partial charge on any atom is -0.460 e. The first-order chi connectivity index (χ1) is 11.2. The molecule has 0 radical (unpaired) electrons. The molecule has 1 unspecified atom stereocenters. The van der Waals surface area contributed by atoms with Crippen molar-refractivity contribution in [2.24, 2.45) is 5.92 Å². The number of carbonyl (C=O) groups is 1. The van der Waals surface area contributed by atoms with Crippen LogP contribution in [0.1, 0.15) is 37.7 Å². The van der Waals surface area contributed by atoms with Gasteiger partial charge in [0.15, 0.2) is 5.79 Å². The lowest BCUT2D eigenvalue weighted by Gasteiger charge is -2.46. The van der Waals surface area contributed by atoms with Crippen molar-refractivity contribution in [3.8, 4) is 0 Å². The fourth-order valence-corrected chi connectivity index (χ4v) is 3.40. The number of hydrogen-bond acceptors (Lipinski definition) is 4. The standard InChI is InChI=1S/C19H24O4/c1-2-16-10-11-17(19(23-16)12-6-7-13-22-19)18(20)21-14-15-8-4-3-5-9-15/h2-5,8-9,16-17H,1,6-7,10-14H2/t16-,17?,19+/m0/s1. The molecule has 3 rings (SSSR count). The largest absolute Gasteiger partial charge is 0.460 e. The van der Waals surface area contributed by atoms with E-state index in [1.807, 2.05) is 30.3 Å². The summed E-state index contributed by atoms with van der Waals surface area (Å²) in [5.74, 6) is -1.41. The average Bonchev–Trinajstić information content (AvgIpc) is 2.61. The van der Waals surface area contributed by atoms with Gasteiger partial charge in [-0.2, -0.15) is 0 Å². The Hall–Kier alpha value is -1.65. The van der Waals surface area contributed by atoms with Crippen molar-refractivity contribution in [1.82, 2.24) is 0 Å². The van der Waals surface area contributed by atoms with Crippen molar-refractivity contribution in [3.63, 3.8) is 0 Å². The average molecular weight is 316 g/mol. The zero-order chi connectivity index (χ0) is 16.1. The van der Waals surface area contributed by atoms with Crippen LogP contribution in [0.3, 0.4) is 0 Å². The Morgan fingerprint density at radius 2 is 2.13 bits per heavy atom. The maximum atomic E-state index is 12.6. The van der Waals surface area contributed by atoms with Crippen LogP contribution in [0.15, 0.2) is 43.0 Å². The number of esters is 1. The highest BCUT2D eigenvalue weighted by atomic mass is 16.7. The van der Waals surface area contributed by atoms with Gasteiger partial charge in [-0.3, -0.25) is 4.79 Å². The van der Waals surface area contributed by atoms with Gasteiger partial charge < -0.3 is 14.2 Å². The van der Waals surface area contributed by atoms with E-state index in [0.717, 1.165) is 31.2 Å². The molecule has 0 amide bonds. The van der Waals surface area contributed by atoms with E-state index in [2.05, 4.69) is 6.58 Å². The molecule has 1 aromatic carbocycles. The molecule has 0 bridgehead atoms. The van der Waals surface area contributed by atoms with Crippen LogP contribution in [-0.4, -0.2) is 24.5 Å². The van der Waals surface area contributed by atoms with E-state index in [0.29, 0.717) is 13.0 Å². The summed E-state index contributed by atoms with van der Waals surface area (Å²) in [4.78, 5) is 12.6. The van der Waals surface area contributed by atoms with Crippen molar-refractivity contribution in [2.75, 3.05) is 6.61 Å². The monoisotopic (exact) mass is 316 g/mol. The second-order valence-electron chi connectivity index (χ2n) is 6.23. The van der Waals surface area contributed by atoms with Crippen LogP contribution in [-0.2, 0) is 25.6 Å². The van der Waals surface area contributed by atoms with E-state index in [1.54, 1.807) is 6.08 Å². The summed E-state index contributed by atoms with van der Waals surface area (Å²) in [6, 6.07) is 9.72. The third-order valence-electron chi connectivity index (χ3n) is 4.66. The second-order valence-corrected chi connectivity index (χ2v) is 6.23. The van der Waals surface area contributed by atoms with Crippen LogP contribution in [0.5, 0.6) is 0 Å². The van der Waals surface area contributed by atoms with Crippen molar-refractivity contribution >= 4 is 5.97 Å². The number of ether oxygens (including phenoxy) is 3. The maximum absolute atomic E-state index is 12.6. The molecule has 2 saturated heterocycles. The number of hydrogen-bond donors (Lipinski definition) is 0. The summed E-state index contributed by atoms with van der Waals surface area (Å²) in [5, 5.41) is 0. The first-order valence-corrected chi connectivity index (χ1v) is 8.38. The van der Waals surface area contributed by atoms with Gasteiger partial charge in [-0.25, -0.2) is 0 Å². The molecule has 1 spiro atoms. The number of carbonyl (C=O) groups excluding carboxylic acids is 1. The van der Waals surface area contributed by atoms with Gasteiger partial charge in [-0.15, -0.1) is 6.58 Å². The highest BCUT2D eigenvalue weighted by molar-refractivity contribution is 5.74. The van der Waals surface area contributed by atoms with Crippen LogP contribution in [0, 0.1) is 5.92 Å². The molecule has 0 saturated carbocycles. The molecule has 0 aliphatic carbocycles. The zero-order valence-corrected chi connectivity index (χ0v) is 13.4. The van der Waals surface area contributed by atoms with Crippen LogP contribution >= 0.6 is 0 Å². The summed E-state index contributed by atoms with van der Waals surface area (Å²) in [5.41, 5.74) is 0.986. The lowest BCUT2D eigenvalue weighted by Crippen LogP contribution is -2.54. The zero-order valence-electron chi connectivity index (χ0n) is 13.4. The lowest BCUT2D eigenvalue weighted by molar-refractivity contribution is -0.311. The fraction of sp³-hybridized carbons (Fsp3) is 0.526. The van der Waals surface area contributed by atoms with Gasteiger partial charge in [0.25, 0.3) is 0 Å². The van der Waals surface area contributed by atoms with Crippen LogP contribution in [0.2, 0.25) is 0 Å². The minimum atomic E-state index is -0.830. The topological polar surface area (TPSA) is 44.8 Å². The summed E-state index contributed by atoms with van der Waals surface area (Å²) in [6.07, 6.45) is 5.99. The minimum absolute atomic E-state index is 0.0497. The molecular weight excluding hydrogens is 292 g/mol. The molecule has 1 aromatic rings. The molecule has 3 atom stereocenters. The summed E-state index contributed by atoms with van der Waals surface area (Å²) >= 11 is 0. The van der Waals surface area contributed by atoms with Gasteiger partial charge in [0.1, 0.15) is 12.5 Å². The number of rotatable bonds is 4. The van der Waals surface area contributed by atoms with Crippen molar-refractivity contribution in [1.29, 1.82) is 0 Å². The predicted octanol–water partition coefficient (Wildman–Crippen LogP) is 3.61. The normalized spacial score (nSPS) is 30.8. The van der Waals surface area contributed by atoms with Crippen LogP contribution in [0.25, 0.3) is 0 Å². The van der Waals surface area contributed by atoms with E-state index >= 15 is 0 Å². The van der Waals surface area contributed by atoms with Crippen molar-refractivity contribution in [2.45, 2.75) is 50.6 Å². The Morgan fingerprint density at radius 1 is 1.30 bits per heavy atom. The van der Waals surface area contributed by atoms with Crippen LogP contribution in [0.4, 0.5) is 0 Å². The summed E-state index contributed by atoms with van der Waals surface area (Å²) in [6.45, 7) is 4.73. The van der Waals surface area contributed by atoms with E-state index in [-0.39, 0.29) is 24.6 Å². The van der Waals surface area contributed by atoms with Gasteiger partial charge in [0.05, 0.1) is 12.7 Å². The van der Waals surface area contributed by atoms with E-state index in [1.165, 1.54) is 0 Å². The molecule has 2 heterocycles.